The van der Waals surface area contributed by atoms with Crippen molar-refractivity contribution >= 4 is 16.0 Å². The molecule has 0 aliphatic carbocycles. The van der Waals surface area contributed by atoms with Crippen LogP contribution < -0.4 is 8.92 Å². The third-order valence-electron chi connectivity index (χ3n) is 4.64. The highest BCUT2D eigenvalue weighted by Crippen LogP contribution is 2.34. The van der Waals surface area contributed by atoms with Crippen LogP contribution >= 0.6 is 0 Å². The van der Waals surface area contributed by atoms with Gasteiger partial charge in [0.15, 0.2) is 11.5 Å². The second-order valence-corrected chi connectivity index (χ2v) is 9.86. The van der Waals surface area contributed by atoms with Gasteiger partial charge in [-0.15, -0.1) is 0 Å². The van der Waals surface area contributed by atoms with E-state index in [-0.39, 0.29) is 35.8 Å². The van der Waals surface area contributed by atoms with Crippen LogP contribution in [0.3, 0.4) is 0 Å². The highest BCUT2D eigenvalue weighted by atomic mass is 32.2. The molecule has 182 valence electrons. The molecule has 0 saturated carbocycles. The minimum atomic E-state index is -4.70. The number of rotatable bonds is 9. The van der Waals surface area contributed by atoms with E-state index in [4.69, 9.17) is 8.92 Å². The maximum absolute atomic E-state index is 13.0. The topological polar surface area (TPSA) is 72.9 Å². The summed E-state index contributed by atoms with van der Waals surface area (Å²) in [6.45, 7) is 8.25. The molecule has 0 unspecified atom stereocenters. The van der Waals surface area contributed by atoms with Gasteiger partial charge in [0, 0.05) is 19.0 Å². The van der Waals surface area contributed by atoms with E-state index >= 15 is 0 Å². The zero-order valence-electron chi connectivity index (χ0n) is 19.1. The summed E-state index contributed by atoms with van der Waals surface area (Å²) in [4.78, 5) is 13.6. The first-order valence-corrected chi connectivity index (χ1v) is 11.7. The largest absolute Gasteiger partial charge is 0.493 e. The molecular weight excluding hydrogens is 459 g/mol. The van der Waals surface area contributed by atoms with Gasteiger partial charge in [-0.05, 0) is 41.8 Å². The molecule has 2 rings (SSSR count). The van der Waals surface area contributed by atoms with E-state index in [0.29, 0.717) is 18.2 Å². The fourth-order valence-electron chi connectivity index (χ4n) is 3.14. The van der Waals surface area contributed by atoms with Gasteiger partial charge in [-0.25, -0.2) is 0 Å². The van der Waals surface area contributed by atoms with Crippen LogP contribution in [0.15, 0.2) is 47.4 Å². The Labute approximate surface area is 192 Å². The highest BCUT2D eigenvalue weighted by Gasteiger charge is 2.32. The molecule has 1 amide bonds. The first kappa shape index (κ1) is 26.5. The van der Waals surface area contributed by atoms with Crippen molar-refractivity contribution in [1.82, 2.24) is 4.90 Å². The van der Waals surface area contributed by atoms with E-state index in [2.05, 4.69) is 0 Å². The minimum absolute atomic E-state index is 0.0569. The van der Waals surface area contributed by atoms with Gasteiger partial charge in [-0.1, -0.05) is 39.8 Å². The summed E-state index contributed by atoms with van der Waals surface area (Å²) in [5, 5.41) is 0. The first-order valence-electron chi connectivity index (χ1n) is 10.3. The smallest absolute Gasteiger partial charge is 0.416 e. The van der Waals surface area contributed by atoms with Crippen LogP contribution in [0.5, 0.6) is 11.5 Å². The molecule has 0 radical (unpaired) electrons. The van der Waals surface area contributed by atoms with Crippen molar-refractivity contribution in [2.75, 3.05) is 13.7 Å². The summed E-state index contributed by atoms with van der Waals surface area (Å²) in [6, 6.07) is 7.86. The number of hydrogen-bond acceptors (Lipinski definition) is 5. The van der Waals surface area contributed by atoms with Crippen molar-refractivity contribution in [3.8, 4) is 11.5 Å². The number of hydrogen-bond donors (Lipinski definition) is 0. The second kappa shape index (κ2) is 10.5. The first-order chi connectivity index (χ1) is 15.2. The Morgan fingerprint density at radius 2 is 1.70 bits per heavy atom. The van der Waals surface area contributed by atoms with Crippen LogP contribution in [0.1, 0.15) is 38.8 Å². The normalized spacial score (nSPS) is 12.2. The predicted octanol–water partition coefficient (Wildman–Crippen LogP) is 5.12. The van der Waals surface area contributed by atoms with Crippen LogP contribution in [0.4, 0.5) is 13.2 Å². The average molecular weight is 488 g/mol. The fourth-order valence-corrected chi connectivity index (χ4v) is 4.12. The highest BCUT2D eigenvalue weighted by molar-refractivity contribution is 7.87. The summed E-state index contributed by atoms with van der Waals surface area (Å²) in [5.74, 6) is -0.172. The average Bonchev–Trinajstić information content (AvgIpc) is 2.71. The van der Waals surface area contributed by atoms with Gasteiger partial charge in [0.1, 0.15) is 4.90 Å². The lowest BCUT2D eigenvalue weighted by atomic mass is 10.1. The minimum Gasteiger partial charge on any atom is -0.493 e. The Kier molecular flexibility index (Phi) is 8.40. The quantitative estimate of drug-likeness (QED) is 0.459. The van der Waals surface area contributed by atoms with Crippen molar-refractivity contribution in [3.63, 3.8) is 0 Å². The molecule has 2 aromatic carbocycles. The molecule has 0 atom stereocenters. The molecular formula is C23H28F3NO5S. The Bertz CT molecular complexity index is 1080. The summed E-state index contributed by atoms with van der Waals surface area (Å²) in [5.41, 5.74) is -0.524. The lowest BCUT2D eigenvalue weighted by Gasteiger charge is -2.26. The van der Waals surface area contributed by atoms with Gasteiger partial charge in [0.2, 0.25) is 5.91 Å². The number of methoxy groups -OCH3 is 1. The number of ether oxygens (including phenoxy) is 1. The summed E-state index contributed by atoms with van der Waals surface area (Å²) in [6.07, 6.45) is -4.70. The number of nitrogens with zero attached hydrogens (tertiary/aromatic N) is 1. The summed E-state index contributed by atoms with van der Waals surface area (Å²) in [7, 11) is -3.27. The molecule has 6 nitrogen and oxygen atoms in total. The van der Waals surface area contributed by atoms with Crippen molar-refractivity contribution < 1.29 is 35.3 Å². The van der Waals surface area contributed by atoms with Crippen LogP contribution in [0, 0.1) is 11.8 Å². The third-order valence-corrected chi connectivity index (χ3v) is 5.87. The van der Waals surface area contributed by atoms with E-state index in [0.717, 1.165) is 18.2 Å². The summed E-state index contributed by atoms with van der Waals surface area (Å²) < 4.78 is 74.8. The van der Waals surface area contributed by atoms with E-state index in [1.54, 1.807) is 24.8 Å². The number of halogens is 3. The summed E-state index contributed by atoms with van der Waals surface area (Å²) >= 11 is 0. The molecule has 0 fully saturated rings. The Balaban J connectivity index is 2.39. The Morgan fingerprint density at radius 1 is 1.03 bits per heavy atom. The molecule has 0 aromatic heterocycles. The molecule has 0 aliphatic rings. The van der Waals surface area contributed by atoms with Crippen molar-refractivity contribution in [1.29, 1.82) is 0 Å². The van der Waals surface area contributed by atoms with Crippen LogP contribution in [-0.4, -0.2) is 32.9 Å². The SMILES string of the molecule is COc1ccc(CN(CC(C)C)C(=O)C(C)C)cc1OS(=O)(=O)c1cccc(C(F)(F)F)c1. The maximum atomic E-state index is 13.0. The molecule has 2 aromatic rings. The molecule has 0 heterocycles. The van der Waals surface area contributed by atoms with Crippen LogP contribution in [0.25, 0.3) is 0 Å². The molecule has 0 N–H and O–H groups in total. The van der Waals surface area contributed by atoms with Gasteiger partial charge >= 0.3 is 16.3 Å². The molecule has 10 heteroatoms. The van der Waals surface area contributed by atoms with Gasteiger partial charge in [-0.2, -0.15) is 21.6 Å². The zero-order valence-corrected chi connectivity index (χ0v) is 20.0. The number of amides is 1. The van der Waals surface area contributed by atoms with Crippen molar-refractivity contribution in [2.45, 2.75) is 45.3 Å². The Morgan fingerprint density at radius 3 is 2.24 bits per heavy atom. The maximum Gasteiger partial charge on any atom is 0.416 e. The van der Waals surface area contributed by atoms with Crippen molar-refractivity contribution in [2.24, 2.45) is 11.8 Å². The van der Waals surface area contributed by atoms with Gasteiger partial charge in [0.25, 0.3) is 0 Å². The number of benzene rings is 2. The Hall–Kier alpha value is -2.75. The van der Waals surface area contributed by atoms with Gasteiger partial charge < -0.3 is 13.8 Å². The molecule has 33 heavy (non-hydrogen) atoms. The van der Waals surface area contributed by atoms with E-state index < -0.39 is 26.8 Å². The standard InChI is InChI=1S/C23H28F3NO5S/c1-15(2)13-27(22(28)16(3)4)14-17-9-10-20(31-5)21(11-17)32-33(29,30)19-8-6-7-18(12-19)23(24,25)26/h6-12,15-16H,13-14H2,1-5H3. The third kappa shape index (κ3) is 7.12. The predicted molar refractivity (Wildman–Crippen MR) is 117 cm³/mol. The molecule has 0 saturated heterocycles. The monoisotopic (exact) mass is 487 g/mol. The number of carbonyl (C=O) groups excluding carboxylic acids is 1. The molecule has 0 bridgehead atoms. The van der Waals surface area contributed by atoms with Crippen LogP contribution in [0.2, 0.25) is 0 Å². The van der Waals surface area contributed by atoms with E-state index in [1.165, 1.54) is 19.2 Å². The van der Waals surface area contributed by atoms with Gasteiger partial charge in [0.05, 0.1) is 12.7 Å². The van der Waals surface area contributed by atoms with E-state index in [9.17, 15) is 26.4 Å². The van der Waals surface area contributed by atoms with Gasteiger partial charge in [-0.3, -0.25) is 4.79 Å². The second-order valence-electron chi connectivity index (χ2n) is 8.32. The zero-order chi connectivity index (χ0) is 25.0. The van der Waals surface area contributed by atoms with Crippen molar-refractivity contribution in [3.05, 3.63) is 53.6 Å². The lowest BCUT2D eigenvalue weighted by Crippen LogP contribution is -2.36. The number of carbonyl (C=O) groups is 1. The fraction of sp³-hybridized carbons (Fsp3) is 0.435. The van der Waals surface area contributed by atoms with Crippen LogP contribution in [-0.2, 0) is 27.6 Å². The molecule has 0 spiro atoms. The number of alkyl halides is 3. The van der Waals surface area contributed by atoms with E-state index in [1.807, 2.05) is 13.8 Å². The molecule has 0 aliphatic heterocycles. The lowest BCUT2D eigenvalue weighted by molar-refractivity contribution is -0.138.